The van der Waals surface area contributed by atoms with Crippen molar-refractivity contribution < 1.29 is 17.6 Å². The average Bonchev–Trinajstić information content (AvgIpc) is 2.62. The first-order valence-corrected chi connectivity index (χ1v) is 7.84. The van der Waals surface area contributed by atoms with Crippen molar-refractivity contribution in [2.75, 3.05) is 18.0 Å². The minimum atomic E-state index is -4.46. The van der Waals surface area contributed by atoms with Gasteiger partial charge in [0.2, 0.25) is 0 Å². The molecule has 2 aromatic carbocycles. The third-order valence-electron chi connectivity index (χ3n) is 4.03. The standard InChI is InChI=1S/C18H18F4N2O/c1-3-24(4-2)16-11-14(18(21,22)17(19)20)15(23-25)10-13(16)12-8-6-5-7-9-12/h5-11,17H,3-4H2,1-2H3. The summed E-state index contributed by atoms with van der Waals surface area (Å²) in [6, 6.07) is 10.9. The molecule has 0 aliphatic heterocycles. The van der Waals surface area contributed by atoms with Crippen LogP contribution in [0.5, 0.6) is 0 Å². The molecular formula is C18H18F4N2O. The van der Waals surface area contributed by atoms with Gasteiger partial charge in [-0.05, 0) is 36.7 Å². The summed E-state index contributed by atoms with van der Waals surface area (Å²) in [6.45, 7) is 4.64. The molecule has 0 aliphatic rings. The van der Waals surface area contributed by atoms with Crippen molar-refractivity contribution in [1.82, 2.24) is 0 Å². The van der Waals surface area contributed by atoms with E-state index in [0.29, 0.717) is 29.9 Å². The molecule has 0 spiro atoms. The lowest BCUT2D eigenvalue weighted by Gasteiger charge is -2.27. The zero-order valence-corrected chi connectivity index (χ0v) is 13.8. The van der Waals surface area contributed by atoms with Gasteiger partial charge >= 0.3 is 12.3 Å². The van der Waals surface area contributed by atoms with Gasteiger partial charge in [-0.3, -0.25) is 0 Å². The third-order valence-corrected chi connectivity index (χ3v) is 4.03. The van der Waals surface area contributed by atoms with Gasteiger partial charge in [-0.2, -0.15) is 8.78 Å². The van der Waals surface area contributed by atoms with Gasteiger partial charge in [0.1, 0.15) is 5.69 Å². The van der Waals surface area contributed by atoms with E-state index in [1.165, 1.54) is 0 Å². The Labute approximate surface area is 143 Å². The Balaban J connectivity index is 2.78. The second-order valence-corrected chi connectivity index (χ2v) is 5.44. The molecule has 7 heteroatoms. The van der Waals surface area contributed by atoms with Crippen molar-refractivity contribution in [2.24, 2.45) is 5.18 Å². The molecule has 3 nitrogen and oxygen atoms in total. The second-order valence-electron chi connectivity index (χ2n) is 5.44. The monoisotopic (exact) mass is 354 g/mol. The maximum absolute atomic E-state index is 13.9. The lowest BCUT2D eigenvalue weighted by Crippen LogP contribution is -2.26. The number of alkyl halides is 4. The van der Waals surface area contributed by atoms with E-state index in [4.69, 9.17) is 0 Å². The highest BCUT2D eigenvalue weighted by atomic mass is 19.3. The highest BCUT2D eigenvalue weighted by molar-refractivity contribution is 5.83. The highest BCUT2D eigenvalue weighted by Gasteiger charge is 2.45. The summed E-state index contributed by atoms with van der Waals surface area (Å²) in [5.41, 5.74) is -0.202. The van der Waals surface area contributed by atoms with Crippen LogP contribution in [0.1, 0.15) is 19.4 Å². The summed E-state index contributed by atoms with van der Waals surface area (Å²) in [4.78, 5) is 12.8. The fourth-order valence-electron chi connectivity index (χ4n) is 2.71. The van der Waals surface area contributed by atoms with E-state index in [1.54, 1.807) is 35.2 Å². The van der Waals surface area contributed by atoms with E-state index in [-0.39, 0.29) is 0 Å². The lowest BCUT2D eigenvalue weighted by molar-refractivity contribution is -0.134. The molecule has 0 heterocycles. The van der Waals surface area contributed by atoms with E-state index in [0.717, 1.165) is 12.1 Å². The van der Waals surface area contributed by atoms with Crippen molar-refractivity contribution in [3.63, 3.8) is 0 Å². The molecule has 0 aromatic heterocycles. The van der Waals surface area contributed by atoms with Gasteiger partial charge in [0.05, 0.1) is 5.56 Å². The van der Waals surface area contributed by atoms with Crippen molar-refractivity contribution >= 4 is 11.4 Å². The molecular weight excluding hydrogens is 336 g/mol. The van der Waals surface area contributed by atoms with Gasteiger partial charge < -0.3 is 4.90 Å². The first kappa shape index (κ1) is 18.9. The molecule has 2 aromatic rings. The lowest BCUT2D eigenvalue weighted by atomic mass is 9.96. The largest absolute Gasteiger partial charge is 0.372 e. The number of nitroso groups, excluding NO2 is 1. The van der Waals surface area contributed by atoms with Gasteiger partial charge in [0.15, 0.2) is 0 Å². The van der Waals surface area contributed by atoms with E-state index in [2.05, 4.69) is 5.18 Å². The smallest absolute Gasteiger partial charge is 0.334 e. The van der Waals surface area contributed by atoms with Gasteiger partial charge in [0, 0.05) is 24.3 Å². The molecule has 0 saturated heterocycles. The maximum Gasteiger partial charge on any atom is 0.334 e. The third kappa shape index (κ3) is 3.65. The number of halogens is 4. The summed E-state index contributed by atoms with van der Waals surface area (Å²) in [7, 11) is 0. The van der Waals surface area contributed by atoms with Crippen LogP contribution >= 0.6 is 0 Å². The Morgan fingerprint density at radius 1 is 1.08 bits per heavy atom. The summed E-state index contributed by atoms with van der Waals surface area (Å²) >= 11 is 0. The Morgan fingerprint density at radius 2 is 1.68 bits per heavy atom. The Bertz CT molecular complexity index is 731. The molecule has 2 rings (SSSR count). The van der Waals surface area contributed by atoms with Crippen LogP contribution < -0.4 is 4.90 Å². The van der Waals surface area contributed by atoms with Crippen LogP contribution in [0, 0.1) is 4.91 Å². The van der Waals surface area contributed by atoms with Crippen LogP contribution in [-0.4, -0.2) is 19.5 Å². The van der Waals surface area contributed by atoms with Crippen LogP contribution in [0.2, 0.25) is 0 Å². The highest BCUT2D eigenvalue weighted by Crippen LogP contribution is 2.45. The number of hydrogen-bond acceptors (Lipinski definition) is 3. The van der Waals surface area contributed by atoms with Crippen LogP contribution in [0.4, 0.5) is 28.9 Å². The summed E-state index contributed by atoms with van der Waals surface area (Å²) < 4.78 is 53.5. The van der Waals surface area contributed by atoms with Crippen LogP contribution in [0.3, 0.4) is 0 Å². The average molecular weight is 354 g/mol. The van der Waals surface area contributed by atoms with Gasteiger partial charge in [0.25, 0.3) is 0 Å². The summed E-state index contributed by atoms with van der Waals surface area (Å²) in [6.07, 6.45) is -3.93. The first-order valence-electron chi connectivity index (χ1n) is 7.84. The van der Waals surface area contributed by atoms with Crippen molar-refractivity contribution in [3.05, 3.63) is 52.9 Å². The molecule has 0 amide bonds. The molecule has 25 heavy (non-hydrogen) atoms. The number of hydrogen-bond donors (Lipinski definition) is 0. The summed E-state index contributed by atoms with van der Waals surface area (Å²) in [5, 5.41) is 2.58. The molecule has 0 bridgehead atoms. The van der Waals surface area contributed by atoms with E-state index < -0.39 is 23.6 Å². The van der Waals surface area contributed by atoms with Gasteiger partial charge in [-0.25, -0.2) is 8.78 Å². The Kier molecular flexibility index (Phi) is 5.77. The predicted molar refractivity (Wildman–Crippen MR) is 90.8 cm³/mol. The first-order chi connectivity index (χ1) is 11.9. The fourth-order valence-corrected chi connectivity index (χ4v) is 2.71. The SMILES string of the molecule is CCN(CC)c1cc(C(F)(F)C(F)F)c(N=O)cc1-c1ccccc1. The van der Waals surface area contributed by atoms with Gasteiger partial charge in [-0.15, -0.1) is 4.91 Å². The number of benzene rings is 2. The van der Waals surface area contributed by atoms with Gasteiger partial charge in [-0.1, -0.05) is 30.3 Å². The zero-order valence-electron chi connectivity index (χ0n) is 13.8. The van der Waals surface area contributed by atoms with Crippen LogP contribution in [0.25, 0.3) is 11.1 Å². The molecule has 134 valence electrons. The molecule has 0 unspecified atom stereocenters. The van der Waals surface area contributed by atoms with Crippen LogP contribution in [0.15, 0.2) is 47.6 Å². The fraction of sp³-hybridized carbons (Fsp3) is 0.333. The van der Waals surface area contributed by atoms with E-state index in [9.17, 15) is 22.5 Å². The minimum absolute atomic E-state index is 0.360. The van der Waals surface area contributed by atoms with E-state index in [1.807, 2.05) is 13.8 Å². The molecule has 0 radical (unpaired) electrons. The Hall–Kier alpha value is -2.44. The number of nitrogens with zero attached hydrogens (tertiary/aromatic N) is 2. The normalized spacial score (nSPS) is 11.6. The number of rotatable bonds is 7. The van der Waals surface area contributed by atoms with E-state index >= 15 is 0 Å². The van der Waals surface area contributed by atoms with Crippen molar-refractivity contribution in [1.29, 1.82) is 0 Å². The number of anilines is 1. The topological polar surface area (TPSA) is 32.7 Å². The molecule has 0 atom stereocenters. The molecule has 0 aliphatic carbocycles. The van der Waals surface area contributed by atoms with Crippen molar-refractivity contribution in [2.45, 2.75) is 26.2 Å². The summed E-state index contributed by atoms with van der Waals surface area (Å²) in [5.74, 6) is -4.46. The second kappa shape index (κ2) is 7.63. The van der Waals surface area contributed by atoms with Crippen molar-refractivity contribution in [3.8, 4) is 11.1 Å². The molecule has 0 saturated carbocycles. The van der Waals surface area contributed by atoms with Crippen LogP contribution in [-0.2, 0) is 5.92 Å². The maximum atomic E-state index is 13.9. The quantitative estimate of drug-likeness (QED) is 0.454. The molecule has 0 N–H and O–H groups in total. The Morgan fingerprint density at radius 3 is 2.16 bits per heavy atom. The molecule has 0 fully saturated rings. The zero-order chi connectivity index (χ0) is 18.6. The minimum Gasteiger partial charge on any atom is -0.372 e. The predicted octanol–water partition coefficient (Wildman–Crippen LogP) is 5.95.